The number of anilines is 1. The number of nitrogens with zero attached hydrogens (tertiary/aromatic N) is 1. The van der Waals surface area contributed by atoms with Gasteiger partial charge in [-0.3, -0.25) is 4.79 Å². The first-order valence-electron chi connectivity index (χ1n) is 7.14. The van der Waals surface area contributed by atoms with E-state index in [0.29, 0.717) is 10.8 Å². The summed E-state index contributed by atoms with van der Waals surface area (Å²) in [6.07, 6.45) is 0. The Morgan fingerprint density at radius 1 is 1.09 bits per heavy atom. The topological polar surface area (TPSA) is 55.1 Å². The van der Waals surface area contributed by atoms with Crippen LogP contribution in [0.3, 0.4) is 0 Å². The molecule has 1 amide bonds. The molecule has 1 heterocycles. The maximum atomic E-state index is 12.3. The van der Waals surface area contributed by atoms with Gasteiger partial charge in [0.25, 0.3) is 5.91 Å². The molecule has 0 aliphatic rings. The summed E-state index contributed by atoms with van der Waals surface area (Å²) in [5.41, 5.74) is 4.01. The van der Waals surface area contributed by atoms with Gasteiger partial charge in [-0.15, -0.1) is 0 Å². The molecule has 1 aromatic heterocycles. The van der Waals surface area contributed by atoms with Gasteiger partial charge in [-0.25, -0.2) is 0 Å². The van der Waals surface area contributed by atoms with Crippen LogP contribution in [-0.4, -0.2) is 11.1 Å². The molecule has 5 heteroatoms. The Hall–Kier alpha value is -2.59. The normalized spacial score (nSPS) is 10.6. The summed E-state index contributed by atoms with van der Waals surface area (Å²) in [5, 5.41) is 7.24. The Balaban J connectivity index is 1.79. The van der Waals surface area contributed by atoms with E-state index in [2.05, 4.69) is 10.5 Å². The molecular formula is C18H15ClN2O2. The number of carbonyl (C=O) groups is 1. The van der Waals surface area contributed by atoms with Gasteiger partial charge in [-0.2, -0.15) is 0 Å². The van der Waals surface area contributed by atoms with Gasteiger partial charge in [0, 0.05) is 22.3 Å². The number of benzene rings is 2. The minimum absolute atomic E-state index is 0.221. The first-order valence-corrected chi connectivity index (χ1v) is 7.52. The molecule has 0 aliphatic heterocycles. The Kier molecular flexibility index (Phi) is 4.17. The Bertz CT molecular complexity index is 871. The lowest BCUT2D eigenvalue weighted by molar-refractivity contribution is 0.101. The fraction of sp³-hybridized carbons (Fsp3) is 0.111. The number of amides is 1. The number of halogens is 1. The second-order valence-corrected chi connectivity index (χ2v) is 5.78. The molecule has 0 fully saturated rings. The number of aryl methyl sites for hydroxylation is 2. The standard InChI is InChI=1S/C18H15ClN2O2/c1-11-6-7-15(8-12(11)2)20-18(22)16-10-17(23-21-16)13-4-3-5-14(19)9-13/h3-10H,1-2H3,(H,20,22). The largest absolute Gasteiger partial charge is 0.355 e. The molecule has 1 N–H and O–H groups in total. The van der Waals surface area contributed by atoms with Crippen molar-refractivity contribution in [3.8, 4) is 11.3 Å². The van der Waals surface area contributed by atoms with Gasteiger partial charge in [0.15, 0.2) is 11.5 Å². The monoisotopic (exact) mass is 326 g/mol. The highest BCUT2D eigenvalue weighted by molar-refractivity contribution is 6.30. The van der Waals surface area contributed by atoms with Gasteiger partial charge in [-0.05, 0) is 49.2 Å². The summed E-state index contributed by atoms with van der Waals surface area (Å²) >= 11 is 5.96. The Morgan fingerprint density at radius 3 is 2.65 bits per heavy atom. The highest BCUT2D eigenvalue weighted by Crippen LogP contribution is 2.24. The highest BCUT2D eigenvalue weighted by Gasteiger charge is 2.14. The zero-order valence-corrected chi connectivity index (χ0v) is 13.5. The summed E-state index contributed by atoms with van der Waals surface area (Å²) in [6, 6.07) is 14.5. The first-order chi connectivity index (χ1) is 11.0. The molecule has 0 saturated heterocycles. The van der Waals surface area contributed by atoms with E-state index in [0.717, 1.165) is 16.8 Å². The molecule has 0 spiro atoms. The van der Waals surface area contributed by atoms with Crippen LogP contribution in [0.5, 0.6) is 0 Å². The third kappa shape index (κ3) is 3.43. The molecule has 3 rings (SSSR count). The van der Waals surface area contributed by atoms with Gasteiger partial charge in [0.1, 0.15) is 0 Å². The summed E-state index contributed by atoms with van der Waals surface area (Å²) < 4.78 is 5.24. The van der Waals surface area contributed by atoms with E-state index >= 15 is 0 Å². The second-order valence-electron chi connectivity index (χ2n) is 5.34. The SMILES string of the molecule is Cc1ccc(NC(=O)c2cc(-c3cccc(Cl)c3)on2)cc1C. The van der Waals surface area contributed by atoms with E-state index in [1.54, 1.807) is 18.2 Å². The van der Waals surface area contributed by atoms with Crippen molar-refractivity contribution in [1.82, 2.24) is 5.16 Å². The van der Waals surface area contributed by atoms with Crippen LogP contribution in [0.1, 0.15) is 21.6 Å². The van der Waals surface area contributed by atoms with E-state index < -0.39 is 0 Å². The predicted octanol–water partition coefficient (Wildman–Crippen LogP) is 4.86. The van der Waals surface area contributed by atoms with Crippen molar-refractivity contribution in [2.75, 3.05) is 5.32 Å². The van der Waals surface area contributed by atoms with Crippen molar-refractivity contribution in [2.24, 2.45) is 0 Å². The van der Waals surface area contributed by atoms with Crippen LogP contribution >= 0.6 is 11.6 Å². The van der Waals surface area contributed by atoms with Crippen molar-refractivity contribution in [3.05, 3.63) is 70.4 Å². The lowest BCUT2D eigenvalue weighted by Gasteiger charge is -2.05. The summed E-state index contributed by atoms with van der Waals surface area (Å²) in [7, 11) is 0. The lowest BCUT2D eigenvalue weighted by atomic mass is 10.1. The zero-order chi connectivity index (χ0) is 16.4. The molecular weight excluding hydrogens is 312 g/mol. The third-order valence-corrected chi connectivity index (χ3v) is 3.85. The van der Waals surface area contributed by atoms with Gasteiger partial charge < -0.3 is 9.84 Å². The van der Waals surface area contributed by atoms with E-state index in [4.69, 9.17) is 16.1 Å². The van der Waals surface area contributed by atoms with Gasteiger partial charge >= 0.3 is 0 Å². The molecule has 0 aliphatic carbocycles. The summed E-state index contributed by atoms with van der Waals surface area (Å²) in [5.74, 6) is 0.183. The van der Waals surface area contributed by atoms with Crippen molar-refractivity contribution < 1.29 is 9.32 Å². The number of hydrogen-bond acceptors (Lipinski definition) is 3. The first kappa shape index (κ1) is 15.3. The van der Waals surface area contributed by atoms with Crippen LogP contribution in [0.25, 0.3) is 11.3 Å². The molecule has 0 atom stereocenters. The smallest absolute Gasteiger partial charge is 0.277 e. The number of hydrogen-bond donors (Lipinski definition) is 1. The lowest BCUT2D eigenvalue weighted by Crippen LogP contribution is -2.12. The van der Waals surface area contributed by atoms with Gasteiger partial charge in [0.05, 0.1) is 0 Å². The average molecular weight is 327 g/mol. The summed E-state index contributed by atoms with van der Waals surface area (Å²) in [4.78, 5) is 12.3. The van der Waals surface area contributed by atoms with Crippen LogP contribution in [0.4, 0.5) is 5.69 Å². The van der Waals surface area contributed by atoms with Crippen LogP contribution in [-0.2, 0) is 0 Å². The molecule has 0 unspecified atom stereocenters. The number of rotatable bonds is 3. The molecule has 4 nitrogen and oxygen atoms in total. The average Bonchev–Trinajstić information content (AvgIpc) is 3.01. The Morgan fingerprint density at radius 2 is 1.91 bits per heavy atom. The number of carbonyl (C=O) groups excluding carboxylic acids is 1. The maximum Gasteiger partial charge on any atom is 0.277 e. The molecule has 116 valence electrons. The number of nitrogens with one attached hydrogen (secondary N) is 1. The Labute approximate surface area is 139 Å². The van der Waals surface area contributed by atoms with Crippen LogP contribution in [0, 0.1) is 13.8 Å². The molecule has 0 saturated carbocycles. The zero-order valence-electron chi connectivity index (χ0n) is 12.8. The van der Waals surface area contributed by atoms with E-state index in [9.17, 15) is 4.79 Å². The van der Waals surface area contributed by atoms with Crippen LogP contribution in [0.2, 0.25) is 5.02 Å². The van der Waals surface area contributed by atoms with E-state index in [1.807, 2.05) is 44.2 Å². The molecule has 3 aromatic rings. The highest BCUT2D eigenvalue weighted by atomic mass is 35.5. The molecule has 23 heavy (non-hydrogen) atoms. The van der Waals surface area contributed by atoms with Crippen molar-refractivity contribution in [2.45, 2.75) is 13.8 Å². The maximum absolute atomic E-state index is 12.3. The van der Waals surface area contributed by atoms with Crippen molar-refractivity contribution in [3.63, 3.8) is 0 Å². The van der Waals surface area contributed by atoms with E-state index in [1.165, 1.54) is 5.56 Å². The van der Waals surface area contributed by atoms with Gasteiger partial charge in [0.2, 0.25) is 0 Å². The third-order valence-electron chi connectivity index (χ3n) is 3.62. The predicted molar refractivity (Wildman–Crippen MR) is 90.8 cm³/mol. The minimum atomic E-state index is -0.315. The fourth-order valence-electron chi connectivity index (χ4n) is 2.17. The minimum Gasteiger partial charge on any atom is -0.355 e. The molecule has 0 bridgehead atoms. The summed E-state index contributed by atoms with van der Waals surface area (Å²) in [6.45, 7) is 4.02. The van der Waals surface area contributed by atoms with Crippen LogP contribution in [0.15, 0.2) is 53.1 Å². The second kappa shape index (κ2) is 6.26. The number of aromatic nitrogens is 1. The quantitative estimate of drug-likeness (QED) is 0.747. The van der Waals surface area contributed by atoms with Gasteiger partial charge in [-0.1, -0.05) is 35.0 Å². The van der Waals surface area contributed by atoms with Crippen molar-refractivity contribution >= 4 is 23.2 Å². The van der Waals surface area contributed by atoms with Crippen molar-refractivity contribution in [1.29, 1.82) is 0 Å². The van der Waals surface area contributed by atoms with Crippen LogP contribution < -0.4 is 5.32 Å². The molecule has 0 radical (unpaired) electrons. The fourth-order valence-corrected chi connectivity index (χ4v) is 2.36. The van der Waals surface area contributed by atoms with E-state index in [-0.39, 0.29) is 11.6 Å². The molecule has 2 aromatic carbocycles.